The fraction of sp³-hybridized carbons (Fsp3) is 0.667. The number of hydrogen-bond acceptors (Lipinski definition) is 4. The van der Waals surface area contributed by atoms with Gasteiger partial charge in [0.1, 0.15) is 6.04 Å². The van der Waals surface area contributed by atoms with E-state index in [9.17, 15) is 14.4 Å². The first-order valence-corrected chi connectivity index (χ1v) is 5.94. The Labute approximate surface area is 97.4 Å². The van der Waals surface area contributed by atoms with Gasteiger partial charge in [0.25, 0.3) is 0 Å². The minimum absolute atomic E-state index is 0.0419. The first-order valence-electron chi connectivity index (χ1n) is 4.79. The molecule has 0 spiro atoms. The van der Waals surface area contributed by atoms with Crippen LogP contribution in [-0.4, -0.2) is 45.6 Å². The van der Waals surface area contributed by atoms with Gasteiger partial charge in [0.05, 0.1) is 11.5 Å². The van der Waals surface area contributed by atoms with Crippen molar-refractivity contribution in [3.63, 3.8) is 0 Å². The van der Waals surface area contributed by atoms with Crippen LogP contribution in [0, 0.1) is 0 Å². The Kier molecular flexibility index (Phi) is 7.36. The normalized spacial score (nSPS) is 11.8. The maximum atomic E-state index is 11.2. The molecular weight excluding hydrogens is 234 g/mol. The molecule has 0 radical (unpaired) electrons. The molecule has 0 saturated heterocycles. The second-order valence-corrected chi connectivity index (χ2v) is 4.12. The zero-order valence-electron chi connectivity index (χ0n) is 8.93. The molecule has 0 aromatic rings. The molecule has 92 valence electrons. The summed E-state index contributed by atoms with van der Waals surface area (Å²) in [6, 6.07) is -0.886. The quantitative estimate of drug-likeness (QED) is 0.566. The predicted octanol–water partition coefficient (Wildman–Crippen LogP) is 0.174. The van der Waals surface area contributed by atoms with E-state index >= 15 is 0 Å². The first kappa shape index (κ1) is 14.8. The summed E-state index contributed by atoms with van der Waals surface area (Å²) < 4.78 is 0. The second kappa shape index (κ2) is 7.98. The number of carboxylic acids is 2. The first-order chi connectivity index (χ1) is 7.47. The number of carbonyl (C=O) groups is 3. The van der Waals surface area contributed by atoms with Gasteiger partial charge in [-0.15, -0.1) is 11.8 Å². The van der Waals surface area contributed by atoms with Crippen LogP contribution >= 0.6 is 11.8 Å². The zero-order chi connectivity index (χ0) is 12.6. The standard InChI is InChI=1S/C9H15NO5S/c1-2-3-6(9(14)15)10-7(11)4-16-5-8(12)13/h6H,2-5H2,1H3,(H,10,11)(H,12,13)(H,14,15). The van der Waals surface area contributed by atoms with Crippen molar-refractivity contribution in [2.45, 2.75) is 25.8 Å². The number of carbonyl (C=O) groups excluding carboxylic acids is 1. The average molecular weight is 249 g/mol. The lowest BCUT2D eigenvalue weighted by atomic mass is 10.2. The van der Waals surface area contributed by atoms with E-state index < -0.39 is 23.9 Å². The van der Waals surface area contributed by atoms with E-state index in [1.54, 1.807) is 0 Å². The third kappa shape index (κ3) is 7.10. The third-order valence-corrected chi connectivity index (χ3v) is 2.59. The van der Waals surface area contributed by atoms with Crippen LogP contribution in [-0.2, 0) is 14.4 Å². The molecule has 16 heavy (non-hydrogen) atoms. The summed E-state index contributed by atoms with van der Waals surface area (Å²) in [7, 11) is 0. The van der Waals surface area contributed by atoms with Gasteiger partial charge >= 0.3 is 11.9 Å². The van der Waals surface area contributed by atoms with Crippen LogP contribution in [0.15, 0.2) is 0 Å². The molecule has 7 heteroatoms. The van der Waals surface area contributed by atoms with E-state index in [-0.39, 0.29) is 11.5 Å². The van der Waals surface area contributed by atoms with Gasteiger partial charge < -0.3 is 15.5 Å². The minimum atomic E-state index is -1.07. The van der Waals surface area contributed by atoms with Crippen LogP contribution in [0.4, 0.5) is 0 Å². The van der Waals surface area contributed by atoms with Crippen molar-refractivity contribution < 1.29 is 24.6 Å². The molecular formula is C9H15NO5S. The summed E-state index contributed by atoms with van der Waals surface area (Å²) in [6.07, 6.45) is 1.02. The SMILES string of the molecule is CCCC(NC(=O)CSCC(=O)O)C(=O)O. The van der Waals surface area contributed by atoms with Crippen molar-refractivity contribution >= 4 is 29.6 Å². The molecule has 0 fully saturated rings. The molecule has 1 atom stereocenters. The van der Waals surface area contributed by atoms with Crippen LogP contribution in [0.2, 0.25) is 0 Å². The fourth-order valence-electron chi connectivity index (χ4n) is 1.01. The molecule has 0 aliphatic heterocycles. The highest BCUT2D eigenvalue weighted by Crippen LogP contribution is 2.01. The van der Waals surface area contributed by atoms with Crippen LogP contribution in [0.3, 0.4) is 0 Å². The fourth-order valence-corrected chi connectivity index (χ4v) is 1.56. The van der Waals surface area contributed by atoms with Crippen LogP contribution in [0.25, 0.3) is 0 Å². The summed E-state index contributed by atoms with van der Waals surface area (Å²) in [5.41, 5.74) is 0. The van der Waals surface area contributed by atoms with Crippen LogP contribution in [0.1, 0.15) is 19.8 Å². The zero-order valence-corrected chi connectivity index (χ0v) is 9.75. The topological polar surface area (TPSA) is 104 Å². The smallest absolute Gasteiger partial charge is 0.326 e. The molecule has 0 aliphatic carbocycles. The van der Waals surface area contributed by atoms with Crippen molar-refractivity contribution in [3.05, 3.63) is 0 Å². The molecule has 0 aliphatic rings. The maximum Gasteiger partial charge on any atom is 0.326 e. The Balaban J connectivity index is 3.90. The summed E-state index contributed by atoms with van der Waals surface area (Å²) in [4.78, 5) is 32.1. The molecule has 0 aromatic carbocycles. The van der Waals surface area contributed by atoms with Gasteiger partial charge in [-0.1, -0.05) is 13.3 Å². The Morgan fingerprint density at radius 1 is 1.25 bits per heavy atom. The van der Waals surface area contributed by atoms with E-state index in [2.05, 4.69) is 5.32 Å². The summed E-state index contributed by atoms with van der Waals surface area (Å²) in [5.74, 6) is -2.73. The van der Waals surface area contributed by atoms with E-state index in [4.69, 9.17) is 10.2 Å². The molecule has 0 heterocycles. The van der Waals surface area contributed by atoms with Crippen molar-refractivity contribution in [2.24, 2.45) is 0 Å². The highest BCUT2D eigenvalue weighted by atomic mass is 32.2. The van der Waals surface area contributed by atoms with Gasteiger partial charge in [-0.3, -0.25) is 9.59 Å². The Morgan fingerprint density at radius 3 is 2.31 bits per heavy atom. The van der Waals surface area contributed by atoms with Crippen LogP contribution < -0.4 is 5.32 Å². The number of amides is 1. The molecule has 6 nitrogen and oxygen atoms in total. The average Bonchev–Trinajstić information content (AvgIpc) is 2.16. The maximum absolute atomic E-state index is 11.2. The monoisotopic (exact) mass is 249 g/mol. The molecule has 0 bridgehead atoms. The van der Waals surface area contributed by atoms with E-state index in [0.717, 1.165) is 11.8 Å². The Bertz CT molecular complexity index is 269. The molecule has 1 unspecified atom stereocenters. The lowest BCUT2D eigenvalue weighted by Gasteiger charge is -2.12. The minimum Gasteiger partial charge on any atom is -0.481 e. The van der Waals surface area contributed by atoms with Crippen molar-refractivity contribution in [3.8, 4) is 0 Å². The van der Waals surface area contributed by atoms with Crippen molar-refractivity contribution in [2.75, 3.05) is 11.5 Å². The van der Waals surface area contributed by atoms with Gasteiger partial charge in [0.2, 0.25) is 5.91 Å². The number of nitrogens with one attached hydrogen (secondary N) is 1. The molecule has 0 saturated carbocycles. The van der Waals surface area contributed by atoms with Gasteiger partial charge in [-0.05, 0) is 6.42 Å². The molecule has 1 amide bonds. The molecule has 3 N–H and O–H groups in total. The molecule has 0 aromatic heterocycles. The lowest BCUT2D eigenvalue weighted by molar-refractivity contribution is -0.141. The number of hydrogen-bond donors (Lipinski definition) is 3. The second-order valence-electron chi connectivity index (χ2n) is 3.13. The lowest BCUT2D eigenvalue weighted by Crippen LogP contribution is -2.41. The number of aliphatic carboxylic acids is 2. The van der Waals surface area contributed by atoms with E-state index in [1.807, 2.05) is 6.92 Å². The van der Waals surface area contributed by atoms with Crippen LogP contribution in [0.5, 0.6) is 0 Å². The predicted molar refractivity (Wildman–Crippen MR) is 59.4 cm³/mol. The highest BCUT2D eigenvalue weighted by molar-refractivity contribution is 8.00. The number of rotatable bonds is 8. The third-order valence-electron chi connectivity index (χ3n) is 1.67. The number of thioether (sulfide) groups is 1. The van der Waals surface area contributed by atoms with Gasteiger partial charge in [-0.25, -0.2) is 4.79 Å². The van der Waals surface area contributed by atoms with Gasteiger partial charge in [0.15, 0.2) is 0 Å². The van der Waals surface area contributed by atoms with E-state index in [0.29, 0.717) is 12.8 Å². The largest absolute Gasteiger partial charge is 0.481 e. The highest BCUT2D eigenvalue weighted by Gasteiger charge is 2.18. The van der Waals surface area contributed by atoms with Gasteiger partial charge in [-0.2, -0.15) is 0 Å². The molecule has 0 rings (SSSR count). The Hall–Kier alpha value is -1.24. The number of carboxylic acid groups (broad SMARTS) is 2. The van der Waals surface area contributed by atoms with E-state index in [1.165, 1.54) is 0 Å². The Morgan fingerprint density at radius 2 is 1.88 bits per heavy atom. The summed E-state index contributed by atoms with van der Waals surface area (Å²) in [6.45, 7) is 1.82. The summed E-state index contributed by atoms with van der Waals surface area (Å²) in [5, 5.41) is 19.4. The van der Waals surface area contributed by atoms with Gasteiger partial charge in [0, 0.05) is 0 Å². The van der Waals surface area contributed by atoms with Crippen molar-refractivity contribution in [1.82, 2.24) is 5.32 Å². The van der Waals surface area contributed by atoms with Crippen molar-refractivity contribution in [1.29, 1.82) is 0 Å². The summed E-state index contributed by atoms with van der Waals surface area (Å²) >= 11 is 0.937.